The molecule has 0 amide bonds. The SMILES string of the molecule is C=C1C(=O)OC(C[C@@H](C)[C@H]2CC[C@H]3C(=CC=C4C[C@@H](O)C[C@H](O)C4=C)CCC[C@]23C)C1C(C)C. The molecule has 4 nitrogen and oxygen atoms in total. The van der Waals surface area contributed by atoms with Crippen molar-refractivity contribution in [3.05, 3.63) is 47.6 Å². The van der Waals surface area contributed by atoms with E-state index in [2.05, 4.69) is 53.0 Å². The molecule has 4 fully saturated rings. The highest BCUT2D eigenvalue weighted by atomic mass is 16.6. The molecule has 4 aliphatic rings. The Hall–Kier alpha value is -1.65. The first-order valence-electron chi connectivity index (χ1n) is 13.4. The summed E-state index contributed by atoms with van der Waals surface area (Å²) in [6.45, 7) is 17.3. The van der Waals surface area contributed by atoms with Gasteiger partial charge in [0.1, 0.15) is 6.10 Å². The molecule has 0 aromatic heterocycles. The number of fused-ring (bicyclic) bond motifs is 1. The van der Waals surface area contributed by atoms with Gasteiger partial charge in [-0.1, -0.05) is 58.6 Å². The van der Waals surface area contributed by atoms with Crippen LogP contribution in [-0.2, 0) is 9.53 Å². The van der Waals surface area contributed by atoms with E-state index in [0.29, 0.717) is 42.1 Å². The maximum absolute atomic E-state index is 12.2. The minimum absolute atomic E-state index is 0.0452. The highest BCUT2D eigenvalue weighted by molar-refractivity contribution is 5.90. The smallest absolute Gasteiger partial charge is 0.334 e. The number of hydrogen-bond donors (Lipinski definition) is 2. The Morgan fingerprint density at radius 2 is 1.88 bits per heavy atom. The minimum atomic E-state index is -0.642. The monoisotopic (exact) mass is 468 g/mol. The number of cyclic esters (lactones) is 1. The third-order valence-electron chi connectivity index (χ3n) is 9.63. The molecule has 4 heteroatoms. The second kappa shape index (κ2) is 9.78. The van der Waals surface area contributed by atoms with E-state index in [0.717, 1.165) is 24.0 Å². The number of rotatable bonds is 5. The average Bonchev–Trinajstić information content (AvgIpc) is 3.25. The number of allylic oxidation sites excluding steroid dienone is 3. The molecule has 0 aromatic carbocycles. The van der Waals surface area contributed by atoms with Gasteiger partial charge in [-0.15, -0.1) is 0 Å². The molecular formula is C30H44O4. The van der Waals surface area contributed by atoms with Crippen molar-refractivity contribution in [1.29, 1.82) is 0 Å². The van der Waals surface area contributed by atoms with Crippen LogP contribution in [0.4, 0.5) is 0 Å². The fraction of sp³-hybridized carbons (Fsp3) is 0.700. The second-order valence-electron chi connectivity index (χ2n) is 12.1. The second-order valence-corrected chi connectivity index (χ2v) is 12.1. The van der Waals surface area contributed by atoms with Crippen LogP contribution in [0.2, 0.25) is 0 Å². The standard InChI is InChI=1S/C30H44O4/c1-17(2)28-20(5)29(33)34-27(28)14-18(3)24-11-12-25-21(8-7-13-30(24,25)6)9-10-22-15-23(31)16-26(32)19(22)4/h9-10,17-18,23-28,31-32H,4-5,7-8,11-16H2,1-3,6H3/t18-,23-,24-,25+,26+,27?,28?,30-/m1/s1. The number of ether oxygens (including phenoxy) is 1. The van der Waals surface area contributed by atoms with Crippen LogP contribution in [0, 0.1) is 35.0 Å². The molecule has 188 valence electrons. The summed E-state index contributed by atoms with van der Waals surface area (Å²) in [6, 6.07) is 0. The van der Waals surface area contributed by atoms with Crippen molar-refractivity contribution in [1.82, 2.24) is 0 Å². The predicted molar refractivity (Wildman–Crippen MR) is 136 cm³/mol. The Morgan fingerprint density at radius 3 is 2.59 bits per heavy atom. The van der Waals surface area contributed by atoms with Gasteiger partial charge in [0.05, 0.1) is 12.2 Å². The van der Waals surface area contributed by atoms with E-state index in [4.69, 9.17) is 4.74 Å². The van der Waals surface area contributed by atoms with Gasteiger partial charge in [-0.05, 0) is 85.2 Å². The summed E-state index contributed by atoms with van der Waals surface area (Å²) >= 11 is 0. The van der Waals surface area contributed by atoms with Gasteiger partial charge in [0.2, 0.25) is 0 Å². The molecule has 2 N–H and O–H groups in total. The first-order chi connectivity index (χ1) is 16.0. The lowest BCUT2D eigenvalue weighted by Crippen LogP contribution is -2.37. The Balaban J connectivity index is 1.49. The van der Waals surface area contributed by atoms with E-state index in [9.17, 15) is 15.0 Å². The molecule has 2 unspecified atom stereocenters. The highest BCUT2D eigenvalue weighted by Gasteiger charge is 2.52. The Labute approximate surface area is 205 Å². The summed E-state index contributed by atoms with van der Waals surface area (Å²) in [7, 11) is 0. The van der Waals surface area contributed by atoms with Crippen LogP contribution < -0.4 is 0 Å². The number of esters is 1. The number of aliphatic hydroxyl groups is 2. The fourth-order valence-corrected chi connectivity index (χ4v) is 7.88. The molecule has 1 heterocycles. The normalized spacial score (nSPS) is 41.9. The minimum Gasteiger partial charge on any atom is -0.458 e. The van der Waals surface area contributed by atoms with E-state index in [1.165, 1.54) is 31.3 Å². The molecular weight excluding hydrogens is 424 g/mol. The zero-order valence-corrected chi connectivity index (χ0v) is 21.6. The Bertz CT molecular complexity index is 895. The first-order valence-corrected chi connectivity index (χ1v) is 13.4. The van der Waals surface area contributed by atoms with Crippen molar-refractivity contribution in [2.45, 2.75) is 97.4 Å². The van der Waals surface area contributed by atoms with Gasteiger partial charge in [-0.3, -0.25) is 0 Å². The molecule has 0 radical (unpaired) electrons. The lowest BCUT2D eigenvalue weighted by atomic mass is 9.60. The zero-order chi connectivity index (χ0) is 24.8. The predicted octanol–water partition coefficient (Wildman–Crippen LogP) is 5.91. The lowest BCUT2D eigenvalue weighted by Gasteiger charge is -2.45. The molecule has 0 bridgehead atoms. The molecule has 0 aromatic rings. The van der Waals surface area contributed by atoms with Crippen molar-refractivity contribution in [2.24, 2.45) is 35.0 Å². The van der Waals surface area contributed by atoms with E-state index >= 15 is 0 Å². The van der Waals surface area contributed by atoms with Gasteiger partial charge in [-0.25, -0.2) is 4.79 Å². The Kier molecular flexibility index (Phi) is 7.32. The summed E-state index contributed by atoms with van der Waals surface area (Å²) in [5, 5.41) is 20.3. The van der Waals surface area contributed by atoms with E-state index in [-0.39, 0.29) is 23.4 Å². The summed E-state index contributed by atoms with van der Waals surface area (Å²) < 4.78 is 5.79. The number of carbonyl (C=O) groups excluding carboxylic acids is 1. The van der Waals surface area contributed by atoms with Crippen LogP contribution in [0.3, 0.4) is 0 Å². The highest BCUT2D eigenvalue weighted by Crippen LogP contribution is 2.60. The summed E-state index contributed by atoms with van der Waals surface area (Å²) in [4.78, 5) is 12.2. The van der Waals surface area contributed by atoms with Crippen LogP contribution >= 0.6 is 0 Å². The zero-order valence-electron chi connectivity index (χ0n) is 21.6. The van der Waals surface area contributed by atoms with Crippen LogP contribution in [-0.4, -0.2) is 34.5 Å². The largest absolute Gasteiger partial charge is 0.458 e. The Morgan fingerprint density at radius 1 is 1.15 bits per heavy atom. The number of aliphatic hydroxyl groups excluding tert-OH is 2. The molecule has 3 aliphatic carbocycles. The van der Waals surface area contributed by atoms with E-state index in [1.807, 2.05) is 0 Å². The van der Waals surface area contributed by atoms with Crippen LogP contribution in [0.5, 0.6) is 0 Å². The number of hydrogen-bond acceptors (Lipinski definition) is 4. The van der Waals surface area contributed by atoms with Crippen molar-refractivity contribution in [2.75, 3.05) is 0 Å². The maximum Gasteiger partial charge on any atom is 0.334 e. The average molecular weight is 469 g/mol. The lowest BCUT2D eigenvalue weighted by molar-refractivity contribution is -0.140. The summed E-state index contributed by atoms with van der Waals surface area (Å²) in [5.74, 6) is 1.94. The van der Waals surface area contributed by atoms with Crippen molar-refractivity contribution in [3.8, 4) is 0 Å². The van der Waals surface area contributed by atoms with Gasteiger partial charge >= 0.3 is 5.97 Å². The van der Waals surface area contributed by atoms with Crippen LogP contribution in [0.15, 0.2) is 47.6 Å². The third kappa shape index (κ3) is 4.60. The van der Waals surface area contributed by atoms with Gasteiger partial charge in [0.15, 0.2) is 0 Å². The van der Waals surface area contributed by atoms with Crippen molar-refractivity contribution >= 4 is 5.97 Å². The third-order valence-corrected chi connectivity index (χ3v) is 9.63. The van der Waals surface area contributed by atoms with E-state index in [1.54, 1.807) is 0 Å². The number of carbonyl (C=O) groups is 1. The van der Waals surface area contributed by atoms with Crippen molar-refractivity contribution < 1.29 is 19.7 Å². The maximum atomic E-state index is 12.2. The van der Waals surface area contributed by atoms with Crippen molar-refractivity contribution in [3.63, 3.8) is 0 Å². The summed E-state index contributed by atoms with van der Waals surface area (Å²) in [6.07, 6.45) is 11.1. The van der Waals surface area contributed by atoms with Gasteiger partial charge in [0.25, 0.3) is 0 Å². The van der Waals surface area contributed by atoms with E-state index < -0.39 is 12.2 Å². The first kappa shape index (κ1) is 25.4. The van der Waals surface area contributed by atoms with Gasteiger partial charge in [0, 0.05) is 17.9 Å². The van der Waals surface area contributed by atoms with Crippen LogP contribution in [0.1, 0.15) is 79.1 Å². The quantitative estimate of drug-likeness (QED) is 0.389. The molecule has 0 spiro atoms. The molecule has 1 saturated heterocycles. The summed E-state index contributed by atoms with van der Waals surface area (Å²) in [5.41, 5.74) is 4.16. The van der Waals surface area contributed by atoms with Crippen LogP contribution in [0.25, 0.3) is 0 Å². The molecule has 8 atom stereocenters. The van der Waals surface area contributed by atoms with Gasteiger partial charge < -0.3 is 14.9 Å². The molecule has 4 rings (SSSR count). The molecule has 1 aliphatic heterocycles. The molecule has 3 saturated carbocycles. The fourth-order valence-electron chi connectivity index (χ4n) is 7.88. The molecule has 34 heavy (non-hydrogen) atoms. The van der Waals surface area contributed by atoms with Gasteiger partial charge in [-0.2, -0.15) is 0 Å². The topological polar surface area (TPSA) is 66.8 Å².